The van der Waals surface area contributed by atoms with E-state index in [1.165, 1.54) is 6.20 Å². The predicted octanol–water partition coefficient (Wildman–Crippen LogP) is 1.25. The Balaban J connectivity index is 2.28. The quantitative estimate of drug-likeness (QED) is 0.870. The highest BCUT2D eigenvalue weighted by atomic mass is 32.2. The minimum atomic E-state index is -3.59. The van der Waals surface area contributed by atoms with E-state index in [4.69, 9.17) is 0 Å². The summed E-state index contributed by atoms with van der Waals surface area (Å²) in [5.74, 6) is 0. The monoisotopic (exact) mass is 294 g/mol. The van der Waals surface area contributed by atoms with Crippen LogP contribution in [-0.4, -0.2) is 25.0 Å². The Morgan fingerprint density at radius 2 is 2.05 bits per heavy atom. The highest BCUT2D eigenvalue weighted by molar-refractivity contribution is 7.92. The molecule has 0 aromatic carbocycles. The Hall–Kier alpha value is -1.86. The third-order valence-electron chi connectivity index (χ3n) is 2.88. The van der Waals surface area contributed by atoms with Gasteiger partial charge in [-0.2, -0.15) is 0 Å². The van der Waals surface area contributed by atoms with E-state index >= 15 is 0 Å². The van der Waals surface area contributed by atoms with Crippen LogP contribution in [0.25, 0.3) is 0 Å². The van der Waals surface area contributed by atoms with Gasteiger partial charge in [0.1, 0.15) is 4.90 Å². The van der Waals surface area contributed by atoms with Gasteiger partial charge in [-0.15, -0.1) is 0 Å². The fourth-order valence-corrected chi connectivity index (χ4v) is 3.03. The SMILES string of the molecule is CNCc1cc(S(=O)(=O)Nc2cncc(C)c2)cn1C. The maximum Gasteiger partial charge on any atom is 0.263 e. The van der Waals surface area contributed by atoms with Gasteiger partial charge in [0, 0.05) is 31.7 Å². The van der Waals surface area contributed by atoms with Crippen molar-refractivity contribution in [1.82, 2.24) is 14.9 Å². The second-order valence-corrected chi connectivity index (χ2v) is 6.35. The first-order valence-electron chi connectivity index (χ1n) is 6.16. The van der Waals surface area contributed by atoms with Gasteiger partial charge in [-0.3, -0.25) is 9.71 Å². The van der Waals surface area contributed by atoms with E-state index in [-0.39, 0.29) is 4.90 Å². The summed E-state index contributed by atoms with van der Waals surface area (Å²) in [5.41, 5.74) is 2.26. The molecule has 0 unspecified atom stereocenters. The summed E-state index contributed by atoms with van der Waals surface area (Å²) in [6.07, 6.45) is 4.76. The van der Waals surface area contributed by atoms with Gasteiger partial charge >= 0.3 is 0 Å². The molecular formula is C13H18N4O2S. The molecule has 20 heavy (non-hydrogen) atoms. The summed E-state index contributed by atoms with van der Waals surface area (Å²) in [4.78, 5) is 4.21. The van der Waals surface area contributed by atoms with Crippen molar-refractivity contribution in [2.75, 3.05) is 11.8 Å². The van der Waals surface area contributed by atoms with Gasteiger partial charge in [-0.25, -0.2) is 8.42 Å². The Bertz CT molecular complexity index is 707. The van der Waals surface area contributed by atoms with Crippen LogP contribution >= 0.6 is 0 Å². The van der Waals surface area contributed by atoms with Crippen molar-refractivity contribution >= 4 is 15.7 Å². The summed E-state index contributed by atoms with van der Waals surface area (Å²) in [6.45, 7) is 2.47. The molecule has 0 aliphatic heterocycles. The largest absolute Gasteiger partial charge is 0.352 e. The first kappa shape index (κ1) is 14.5. The third-order valence-corrected chi connectivity index (χ3v) is 4.23. The van der Waals surface area contributed by atoms with Crippen molar-refractivity contribution in [3.63, 3.8) is 0 Å². The molecule has 2 aromatic heterocycles. The van der Waals surface area contributed by atoms with Crippen LogP contribution in [0, 0.1) is 6.92 Å². The van der Waals surface area contributed by atoms with E-state index in [0.717, 1.165) is 11.3 Å². The molecular weight excluding hydrogens is 276 g/mol. The number of nitrogens with one attached hydrogen (secondary N) is 2. The van der Waals surface area contributed by atoms with Crippen LogP contribution in [0.15, 0.2) is 35.6 Å². The molecule has 0 amide bonds. The Kier molecular flexibility index (Phi) is 4.10. The van der Waals surface area contributed by atoms with Gasteiger partial charge < -0.3 is 9.88 Å². The highest BCUT2D eigenvalue weighted by Gasteiger charge is 2.17. The van der Waals surface area contributed by atoms with E-state index in [2.05, 4.69) is 15.0 Å². The van der Waals surface area contributed by atoms with E-state index in [0.29, 0.717) is 12.2 Å². The van der Waals surface area contributed by atoms with Gasteiger partial charge in [-0.1, -0.05) is 0 Å². The summed E-state index contributed by atoms with van der Waals surface area (Å²) in [7, 11) is 0.0480. The lowest BCUT2D eigenvalue weighted by Crippen LogP contribution is -2.12. The highest BCUT2D eigenvalue weighted by Crippen LogP contribution is 2.18. The number of hydrogen-bond acceptors (Lipinski definition) is 4. The van der Waals surface area contributed by atoms with Gasteiger partial charge in [0.25, 0.3) is 10.0 Å². The maximum absolute atomic E-state index is 12.3. The number of sulfonamides is 1. The van der Waals surface area contributed by atoms with Crippen molar-refractivity contribution in [3.8, 4) is 0 Å². The van der Waals surface area contributed by atoms with Crippen LogP contribution in [0.4, 0.5) is 5.69 Å². The Morgan fingerprint density at radius 1 is 1.30 bits per heavy atom. The lowest BCUT2D eigenvalue weighted by Gasteiger charge is -2.06. The number of nitrogens with zero attached hydrogens (tertiary/aromatic N) is 2. The predicted molar refractivity (Wildman–Crippen MR) is 78.0 cm³/mol. The van der Waals surface area contributed by atoms with Crippen molar-refractivity contribution in [2.24, 2.45) is 7.05 Å². The first-order chi connectivity index (χ1) is 9.42. The second kappa shape index (κ2) is 5.64. The van der Waals surface area contributed by atoms with Crippen molar-refractivity contribution < 1.29 is 8.42 Å². The van der Waals surface area contributed by atoms with Gasteiger partial charge in [0.05, 0.1) is 11.9 Å². The minimum absolute atomic E-state index is 0.242. The molecule has 0 bridgehead atoms. The standard InChI is InChI=1S/C13H18N4O2S/c1-10-4-11(7-15-6-10)16-20(18,19)13-5-12(8-14-2)17(3)9-13/h4-7,9,14,16H,8H2,1-3H3. The molecule has 6 nitrogen and oxygen atoms in total. The van der Waals surface area contributed by atoms with E-state index in [1.54, 1.807) is 29.1 Å². The van der Waals surface area contributed by atoms with E-state index in [1.807, 2.05) is 21.0 Å². The molecule has 0 aliphatic rings. The molecule has 2 rings (SSSR count). The van der Waals surface area contributed by atoms with E-state index in [9.17, 15) is 8.42 Å². The average molecular weight is 294 g/mol. The first-order valence-corrected chi connectivity index (χ1v) is 7.65. The van der Waals surface area contributed by atoms with Crippen molar-refractivity contribution in [3.05, 3.63) is 42.0 Å². The van der Waals surface area contributed by atoms with Crippen LogP contribution in [0.5, 0.6) is 0 Å². The van der Waals surface area contributed by atoms with Crippen LogP contribution in [-0.2, 0) is 23.6 Å². The van der Waals surface area contributed by atoms with Crippen LogP contribution in [0.3, 0.4) is 0 Å². The molecule has 0 atom stereocenters. The summed E-state index contributed by atoms with van der Waals surface area (Å²) < 4.78 is 28.9. The topological polar surface area (TPSA) is 76.0 Å². The zero-order valence-corrected chi connectivity index (χ0v) is 12.5. The van der Waals surface area contributed by atoms with Crippen molar-refractivity contribution in [1.29, 1.82) is 0 Å². The molecule has 0 radical (unpaired) electrons. The zero-order chi connectivity index (χ0) is 14.8. The molecule has 108 valence electrons. The van der Waals surface area contributed by atoms with Crippen LogP contribution < -0.4 is 10.0 Å². The fraction of sp³-hybridized carbons (Fsp3) is 0.308. The number of hydrogen-bond donors (Lipinski definition) is 2. The Morgan fingerprint density at radius 3 is 2.70 bits per heavy atom. The number of pyridine rings is 1. The minimum Gasteiger partial charge on any atom is -0.352 e. The summed E-state index contributed by atoms with van der Waals surface area (Å²) >= 11 is 0. The normalized spacial score (nSPS) is 11.6. The number of anilines is 1. The lowest BCUT2D eigenvalue weighted by atomic mass is 10.3. The van der Waals surface area contributed by atoms with Crippen molar-refractivity contribution in [2.45, 2.75) is 18.4 Å². The Labute approximate surface area is 118 Å². The fourth-order valence-electron chi connectivity index (χ4n) is 1.91. The molecule has 0 saturated carbocycles. The molecule has 0 saturated heterocycles. The smallest absolute Gasteiger partial charge is 0.263 e. The summed E-state index contributed by atoms with van der Waals surface area (Å²) in [5, 5.41) is 3.00. The number of aryl methyl sites for hydroxylation is 2. The number of aromatic nitrogens is 2. The lowest BCUT2D eigenvalue weighted by molar-refractivity contribution is 0.601. The molecule has 2 aromatic rings. The molecule has 7 heteroatoms. The third kappa shape index (κ3) is 3.17. The van der Waals surface area contributed by atoms with E-state index < -0.39 is 10.0 Å². The second-order valence-electron chi connectivity index (χ2n) is 4.66. The zero-order valence-electron chi connectivity index (χ0n) is 11.7. The molecule has 2 heterocycles. The van der Waals surface area contributed by atoms with Gasteiger partial charge in [-0.05, 0) is 31.7 Å². The summed E-state index contributed by atoms with van der Waals surface area (Å²) in [6, 6.07) is 3.39. The maximum atomic E-state index is 12.3. The molecule has 2 N–H and O–H groups in total. The average Bonchev–Trinajstić information content (AvgIpc) is 2.72. The van der Waals surface area contributed by atoms with Crippen LogP contribution in [0.1, 0.15) is 11.3 Å². The van der Waals surface area contributed by atoms with Gasteiger partial charge in [0.2, 0.25) is 0 Å². The number of rotatable bonds is 5. The van der Waals surface area contributed by atoms with Gasteiger partial charge in [0.15, 0.2) is 0 Å². The molecule has 0 aliphatic carbocycles. The molecule has 0 spiro atoms. The molecule has 0 fully saturated rings. The van der Waals surface area contributed by atoms with Crippen LogP contribution in [0.2, 0.25) is 0 Å².